The molecule has 122 valence electrons. The molecule has 0 radical (unpaired) electrons. The van der Waals surface area contributed by atoms with E-state index >= 15 is 0 Å². The monoisotopic (exact) mass is 498 g/mol. The van der Waals surface area contributed by atoms with Crippen LogP contribution in [0, 0.1) is 3.57 Å². The van der Waals surface area contributed by atoms with Crippen LogP contribution < -0.4 is 5.32 Å². The first kappa shape index (κ1) is 17.1. The summed E-state index contributed by atoms with van der Waals surface area (Å²) in [5, 5.41) is 2.77. The zero-order chi connectivity index (χ0) is 17.3. The minimum atomic E-state index is -0.363. The maximum atomic E-state index is 12.3. The number of halogens is 2. The fourth-order valence-electron chi connectivity index (χ4n) is 2.47. The molecule has 0 spiro atoms. The smallest absolute Gasteiger partial charge is 0.261 e. The summed E-state index contributed by atoms with van der Waals surface area (Å²) in [6, 6.07) is 12.4. The van der Waals surface area contributed by atoms with E-state index in [0.717, 1.165) is 12.9 Å². The van der Waals surface area contributed by atoms with Crippen molar-refractivity contribution in [1.29, 1.82) is 0 Å². The molecule has 1 heterocycles. The van der Waals surface area contributed by atoms with Crippen molar-refractivity contribution >= 4 is 61.9 Å². The summed E-state index contributed by atoms with van der Waals surface area (Å²) in [7, 11) is 0. The lowest BCUT2D eigenvalue weighted by Crippen LogP contribution is -2.32. The molecule has 0 unspecified atom stereocenters. The third kappa shape index (κ3) is 3.51. The molecular weight excluding hydrogens is 487 g/mol. The molecule has 0 saturated heterocycles. The molecule has 0 fully saturated rings. The Morgan fingerprint density at radius 3 is 2.58 bits per heavy atom. The summed E-state index contributed by atoms with van der Waals surface area (Å²) in [6.07, 6.45) is 0.0537. The van der Waals surface area contributed by atoms with E-state index in [2.05, 4.69) is 43.8 Å². The molecule has 3 amide bonds. The van der Waals surface area contributed by atoms with Gasteiger partial charge in [0.25, 0.3) is 11.8 Å². The summed E-state index contributed by atoms with van der Waals surface area (Å²) in [5.41, 5.74) is 1.44. The van der Waals surface area contributed by atoms with Gasteiger partial charge < -0.3 is 5.32 Å². The van der Waals surface area contributed by atoms with E-state index in [9.17, 15) is 14.4 Å². The molecule has 1 aliphatic heterocycles. The molecule has 7 heteroatoms. The predicted octanol–water partition coefficient (Wildman–Crippen LogP) is 3.68. The highest BCUT2D eigenvalue weighted by atomic mass is 127. The summed E-state index contributed by atoms with van der Waals surface area (Å²) in [6.45, 7) is 0.0553. The van der Waals surface area contributed by atoms with Crippen molar-refractivity contribution in [3.8, 4) is 0 Å². The van der Waals surface area contributed by atoms with Crippen LogP contribution >= 0.6 is 38.5 Å². The molecular formula is C17H12BrIN2O3. The minimum Gasteiger partial charge on any atom is -0.326 e. The highest BCUT2D eigenvalue weighted by Crippen LogP contribution is 2.26. The maximum absolute atomic E-state index is 12.3. The third-order valence-electron chi connectivity index (χ3n) is 3.60. The molecule has 5 nitrogen and oxygen atoms in total. The van der Waals surface area contributed by atoms with E-state index in [1.165, 1.54) is 0 Å². The number of anilines is 1. The van der Waals surface area contributed by atoms with Crippen LogP contribution in [-0.2, 0) is 4.79 Å². The fraction of sp³-hybridized carbons (Fsp3) is 0.118. The first-order valence-corrected chi connectivity index (χ1v) is 9.04. The summed E-state index contributed by atoms with van der Waals surface area (Å²) in [4.78, 5) is 37.8. The van der Waals surface area contributed by atoms with Crippen LogP contribution in [0.2, 0.25) is 0 Å². The number of benzene rings is 2. The van der Waals surface area contributed by atoms with Crippen LogP contribution in [0.15, 0.2) is 46.9 Å². The van der Waals surface area contributed by atoms with Crippen molar-refractivity contribution in [2.24, 2.45) is 0 Å². The molecule has 2 aromatic rings. The van der Waals surface area contributed by atoms with Crippen molar-refractivity contribution in [1.82, 2.24) is 4.90 Å². The molecule has 1 N–H and O–H groups in total. The number of hydrogen-bond acceptors (Lipinski definition) is 3. The number of carbonyl (C=O) groups excluding carboxylic acids is 3. The van der Waals surface area contributed by atoms with Crippen molar-refractivity contribution in [2.75, 3.05) is 11.9 Å². The van der Waals surface area contributed by atoms with Crippen molar-refractivity contribution in [3.05, 3.63) is 61.6 Å². The second-order valence-electron chi connectivity index (χ2n) is 5.26. The number of nitrogens with zero attached hydrogens (tertiary/aromatic N) is 1. The molecule has 3 rings (SSSR count). The Balaban J connectivity index is 1.64. The second kappa shape index (κ2) is 7.02. The molecule has 2 aromatic carbocycles. The van der Waals surface area contributed by atoms with E-state index in [1.54, 1.807) is 24.3 Å². The number of amides is 3. The fourth-order valence-corrected chi connectivity index (χ4v) is 3.37. The van der Waals surface area contributed by atoms with Crippen molar-refractivity contribution in [3.63, 3.8) is 0 Å². The van der Waals surface area contributed by atoms with Gasteiger partial charge in [0, 0.05) is 26.7 Å². The molecule has 0 aromatic heterocycles. The van der Waals surface area contributed by atoms with Crippen LogP contribution in [0.5, 0.6) is 0 Å². The number of imide groups is 1. The van der Waals surface area contributed by atoms with E-state index in [1.807, 2.05) is 18.2 Å². The average Bonchev–Trinajstić information content (AvgIpc) is 2.76. The predicted molar refractivity (Wildman–Crippen MR) is 102 cm³/mol. The van der Waals surface area contributed by atoms with Gasteiger partial charge in [0.05, 0.1) is 11.1 Å². The van der Waals surface area contributed by atoms with Gasteiger partial charge in [0.15, 0.2) is 0 Å². The molecule has 1 aliphatic rings. The van der Waals surface area contributed by atoms with Gasteiger partial charge >= 0.3 is 0 Å². The maximum Gasteiger partial charge on any atom is 0.261 e. The van der Waals surface area contributed by atoms with E-state index < -0.39 is 0 Å². The van der Waals surface area contributed by atoms with Gasteiger partial charge in [-0.25, -0.2) is 0 Å². The van der Waals surface area contributed by atoms with Gasteiger partial charge in [-0.15, -0.1) is 0 Å². The normalized spacial score (nSPS) is 13.2. The highest BCUT2D eigenvalue weighted by Gasteiger charge is 2.35. The first-order valence-electron chi connectivity index (χ1n) is 7.17. The Kier molecular flexibility index (Phi) is 5.00. The lowest BCUT2D eigenvalue weighted by Gasteiger charge is -2.13. The van der Waals surface area contributed by atoms with E-state index in [0.29, 0.717) is 16.8 Å². The largest absolute Gasteiger partial charge is 0.326 e. The van der Waals surface area contributed by atoms with Crippen LogP contribution in [0.3, 0.4) is 0 Å². The first-order chi connectivity index (χ1) is 11.5. The molecule has 0 aliphatic carbocycles. The number of hydrogen-bond donors (Lipinski definition) is 1. The standard InChI is InChI=1S/C17H12BrIN2O3/c18-10-4-5-13-14(8-10)17(24)21(16(13)23)7-6-15(22)20-12-3-1-2-11(19)9-12/h1-5,8-9H,6-7H2,(H,20,22). The van der Waals surface area contributed by atoms with Gasteiger partial charge in [-0.1, -0.05) is 22.0 Å². The molecule has 0 bridgehead atoms. The second-order valence-corrected chi connectivity index (χ2v) is 7.42. The van der Waals surface area contributed by atoms with Gasteiger partial charge in [0.1, 0.15) is 0 Å². The van der Waals surface area contributed by atoms with Crippen molar-refractivity contribution in [2.45, 2.75) is 6.42 Å². The van der Waals surface area contributed by atoms with E-state index in [-0.39, 0.29) is 30.7 Å². The summed E-state index contributed by atoms with van der Waals surface area (Å²) >= 11 is 5.45. The number of nitrogens with one attached hydrogen (secondary N) is 1. The van der Waals surface area contributed by atoms with Gasteiger partial charge in [-0.05, 0) is 59.0 Å². The van der Waals surface area contributed by atoms with Gasteiger partial charge in [-0.2, -0.15) is 0 Å². The van der Waals surface area contributed by atoms with Crippen LogP contribution in [0.1, 0.15) is 27.1 Å². The summed E-state index contributed by atoms with van der Waals surface area (Å²) < 4.78 is 1.75. The SMILES string of the molecule is O=C(CCN1C(=O)c2ccc(Br)cc2C1=O)Nc1cccc(I)c1. The third-order valence-corrected chi connectivity index (χ3v) is 4.77. The number of fused-ring (bicyclic) bond motifs is 1. The number of carbonyl (C=O) groups is 3. The molecule has 24 heavy (non-hydrogen) atoms. The summed E-state index contributed by atoms with van der Waals surface area (Å²) in [5.74, 6) is -0.961. The molecule has 0 atom stereocenters. The zero-order valence-corrected chi connectivity index (χ0v) is 16.1. The molecule has 0 saturated carbocycles. The van der Waals surface area contributed by atoms with Crippen LogP contribution in [0.25, 0.3) is 0 Å². The Labute approximate surface area is 160 Å². The lowest BCUT2D eigenvalue weighted by molar-refractivity contribution is -0.116. The minimum absolute atomic E-state index is 0.0537. The zero-order valence-electron chi connectivity index (χ0n) is 12.4. The number of rotatable bonds is 4. The van der Waals surface area contributed by atoms with Crippen LogP contribution in [-0.4, -0.2) is 29.2 Å². The Hall–Kier alpha value is -1.74. The quantitative estimate of drug-likeness (QED) is 0.516. The highest BCUT2D eigenvalue weighted by molar-refractivity contribution is 14.1. The lowest BCUT2D eigenvalue weighted by atomic mass is 10.1. The van der Waals surface area contributed by atoms with Gasteiger partial charge in [-0.3, -0.25) is 19.3 Å². The average molecular weight is 499 g/mol. The van der Waals surface area contributed by atoms with E-state index in [4.69, 9.17) is 0 Å². The van der Waals surface area contributed by atoms with Gasteiger partial charge in [0.2, 0.25) is 5.91 Å². The van der Waals surface area contributed by atoms with Crippen molar-refractivity contribution < 1.29 is 14.4 Å². The van der Waals surface area contributed by atoms with Crippen LogP contribution in [0.4, 0.5) is 5.69 Å². The topological polar surface area (TPSA) is 66.5 Å². The Bertz CT molecular complexity index is 853. The Morgan fingerprint density at radius 2 is 1.83 bits per heavy atom. The Morgan fingerprint density at radius 1 is 1.08 bits per heavy atom.